The van der Waals surface area contributed by atoms with Crippen molar-refractivity contribution in [3.05, 3.63) is 108 Å². The van der Waals surface area contributed by atoms with E-state index >= 15 is 0 Å². The first-order valence-electron chi connectivity index (χ1n) is 10.6. The Morgan fingerprint density at radius 3 is 2.34 bits per heavy atom. The highest BCUT2D eigenvalue weighted by Crippen LogP contribution is 2.21. The van der Waals surface area contributed by atoms with Gasteiger partial charge in [-0.05, 0) is 23.3 Å². The van der Waals surface area contributed by atoms with Crippen LogP contribution in [0.2, 0.25) is 0 Å². The summed E-state index contributed by atoms with van der Waals surface area (Å²) in [6.07, 6.45) is 3.14. The van der Waals surface area contributed by atoms with Crippen molar-refractivity contribution >= 4 is 22.6 Å². The van der Waals surface area contributed by atoms with Crippen molar-refractivity contribution in [3.63, 3.8) is 0 Å². The van der Waals surface area contributed by atoms with Gasteiger partial charge in [0.1, 0.15) is 5.82 Å². The summed E-state index contributed by atoms with van der Waals surface area (Å²) in [5.41, 5.74) is 3.25. The Bertz CT molecular complexity index is 1100. The minimum atomic E-state index is -0.0447. The van der Waals surface area contributed by atoms with Gasteiger partial charge in [0.15, 0.2) is 0 Å². The molecule has 0 aliphatic heterocycles. The van der Waals surface area contributed by atoms with Gasteiger partial charge in [-0.15, -0.1) is 0 Å². The SMILES string of the molecule is O=C(CN(Cc1ccccc1)c1nc(Cc2ccccc2)ns1)NCCc1ccccn1. The number of anilines is 1. The Morgan fingerprint density at radius 1 is 0.906 bits per heavy atom. The van der Waals surface area contributed by atoms with Gasteiger partial charge >= 0.3 is 0 Å². The normalized spacial score (nSPS) is 10.6. The van der Waals surface area contributed by atoms with Crippen LogP contribution in [-0.4, -0.2) is 33.3 Å². The van der Waals surface area contributed by atoms with Gasteiger partial charge in [0, 0.05) is 49.4 Å². The van der Waals surface area contributed by atoms with Gasteiger partial charge < -0.3 is 10.2 Å². The summed E-state index contributed by atoms with van der Waals surface area (Å²) >= 11 is 1.33. The van der Waals surface area contributed by atoms with Crippen molar-refractivity contribution in [1.29, 1.82) is 0 Å². The average Bonchev–Trinajstić information content (AvgIpc) is 3.29. The van der Waals surface area contributed by atoms with Crippen LogP contribution in [-0.2, 0) is 24.2 Å². The molecule has 2 aromatic carbocycles. The number of hydrogen-bond acceptors (Lipinski definition) is 6. The number of carbonyl (C=O) groups excluding carboxylic acids is 1. The summed E-state index contributed by atoms with van der Waals surface area (Å²) < 4.78 is 4.53. The third-order valence-corrected chi connectivity index (χ3v) is 5.73. The van der Waals surface area contributed by atoms with Crippen LogP contribution < -0.4 is 10.2 Å². The molecule has 0 aliphatic carbocycles. The summed E-state index contributed by atoms with van der Waals surface area (Å²) in [7, 11) is 0. The van der Waals surface area contributed by atoms with Crippen LogP contribution in [0, 0.1) is 0 Å². The van der Waals surface area contributed by atoms with Crippen molar-refractivity contribution in [3.8, 4) is 0 Å². The topological polar surface area (TPSA) is 71.0 Å². The van der Waals surface area contributed by atoms with E-state index in [0.29, 0.717) is 25.9 Å². The maximum atomic E-state index is 12.7. The average molecular weight is 444 g/mol. The molecule has 2 aromatic heterocycles. The number of nitrogens with zero attached hydrogens (tertiary/aromatic N) is 4. The first kappa shape index (κ1) is 21.6. The fraction of sp³-hybridized carbons (Fsp3) is 0.200. The zero-order chi connectivity index (χ0) is 22.0. The molecule has 0 spiro atoms. The Hall–Kier alpha value is -3.58. The lowest BCUT2D eigenvalue weighted by Crippen LogP contribution is -2.37. The largest absolute Gasteiger partial charge is 0.354 e. The number of benzene rings is 2. The molecule has 7 heteroatoms. The second-order valence-corrected chi connectivity index (χ2v) is 8.15. The minimum Gasteiger partial charge on any atom is -0.354 e. The van der Waals surface area contributed by atoms with Gasteiger partial charge in [-0.2, -0.15) is 4.37 Å². The predicted octanol–water partition coefficient (Wildman–Crippen LogP) is 3.89. The lowest BCUT2D eigenvalue weighted by molar-refractivity contribution is -0.119. The highest BCUT2D eigenvalue weighted by molar-refractivity contribution is 7.09. The zero-order valence-corrected chi connectivity index (χ0v) is 18.5. The van der Waals surface area contributed by atoms with Gasteiger partial charge in [-0.1, -0.05) is 66.7 Å². The summed E-state index contributed by atoms with van der Waals surface area (Å²) in [6.45, 7) is 1.36. The van der Waals surface area contributed by atoms with Crippen molar-refractivity contribution in [2.75, 3.05) is 18.0 Å². The molecule has 0 radical (unpaired) electrons. The second kappa shape index (κ2) is 11.2. The third kappa shape index (κ3) is 6.46. The van der Waals surface area contributed by atoms with Crippen LogP contribution in [0.15, 0.2) is 85.1 Å². The van der Waals surface area contributed by atoms with E-state index in [1.165, 1.54) is 17.1 Å². The van der Waals surface area contributed by atoms with Crippen molar-refractivity contribution in [2.24, 2.45) is 0 Å². The lowest BCUT2D eigenvalue weighted by atomic mass is 10.1. The Kier molecular flexibility index (Phi) is 7.55. The van der Waals surface area contributed by atoms with Crippen LogP contribution >= 0.6 is 11.5 Å². The lowest BCUT2D eigenvalue weighted by Gasteiger charge is -2.21. The molecule has 4 rings (SSSR count). The van der Waals surface area contributed by atoms with E-state index < -0.39 is 0 Å². The van der Waals surface area contributed by atoms with Crippen LogP contribution in [0.3, 0.4) is 0 Å². The fourth-order valence-corrected chi connectivity index (χ4v) is 4.01. The van der Waals surface area contributed by atoms with Crippen molar-refractivity contribution < 1.29 is 4.79 Å². The molecule has 4 aromatic rings. The van der Waals surface area contributed by atoms with Crippen LogP contribution in [0.4, 0.5) is 5.13 Å². The fourth-order valence-electron chi connectivity index (χ4n) is 3.32. The smallest absolute Gasteiger partial charge is 0.239 e. The number of carbonyl (C=O) groups is 1. The second-order valence-electron chi connectivity index (χ2n) is 7.42. The molecular weight excluding hydrogens is 418 g/mol. The first-order valence-corrected chi connectivity index (χ1v) is 11.4. The molecule has 2 heterocycles. The molecule has 0 unspecified atom stereocenters. The molecule has 0 fully saturated rings. The molecule has 32 heavy (non-hydrogen) atoms. The number of hydrogen-bond donors (Lipinski definition) is 1. The van der Waals surface area contributed by atoms with E-state index in [1.807, 2.05) is 59.5 Å². The van der Waals surface area contributed by atoms with E-state index in [4.69, 9.17) is 4.98 Å². The first-order chi connectivity index (χ1) is 15.8. The van der Waals surface area contributed by atoms with Crippen molar-refractivity contribution in [2.45, 2.75) is 19.4 Å². The number of pyridine rings is 1. The van der Waals surface area contributed by atoms with Crippen LogP contribution in [0.25, 0.3) is 0 Å². The molecule has 0 saturated heterocycles. The van der Waals surface area contributed by atoms with Gasteiger partial charge in [0.05, 0.1) is 6.54 Å². The molecule has 0 atom stereocenters. The predicted molar refractivity (Wildman–Crippen MR) is 128 cm³/mol. The van der Waals surface area contributed by atoms with Crippen molar-refractivity contribution in [1.82, 2.24) is 19.7 Å². The highest BCUT2D eigenvalue weighted by atomic mass is 32.1. The Morgan fingerprint density at radius 2 is 1.62 bits per heavy atom. The van der Waals surface area contributed by atoms with Crippen LogP contribution in [0.1, 0.15) is 22.6 Å². The summed E-state index contributed by atoms with van der Waals surface area (Å²) in [5.74, 6) is 0.724. The molecule has 1 N–H and O–H groups in total. The Labute approximate surface area is 192 Å². The Balaban J connectivity index is 1.41. The number of amides is 1. The van der Waals surface area contributed by atoms with Gasteiger partial charge in [0.2, 0.25) is 11.0 Å². The van der Waals surface area contributed by atoms with E-state index in [9.17, 15) is 4.79 Å². The van der Waals surface area contributed by atoms with E-state index in [2.05, 4.69) is 38.9 Å². The number of aromatic nitrogens is 3. The standard InChI is InChI=1S/C25H25N5OS/c31-24(27-16-14-22-13-7-8-15-26-22)19-30(18-21-11-5-2-6-12-21)25-28-23(29-32-25)17-20-9-3-1-4-10-20/h1-13,15H,14,16-19H2,(H,27,31). The van der Waals surface area contributed by atoms with E-state index in [0.717, 1.165) is 22.2 Å². The minimum absolute atomic E-state index is 0.0447. The third-order valence-electron chi connectivity index (χ3n) is 4.91. The molecule has 162 valence electrons. The number of rotatable bonds is 10. The number of nitrogens with one attached hydrogen (secondary N) is 1. The van der Waals surface area contributed by atoms with Gasteiger partial charge in [-0.25, -0.2) is 4.98 Å². The molecule has 0 saturated carbocycles. The van der Waals surface area contributed by atoms with E-state index in [-0.39, 0.29) is 12.5 Å². The molecule has 0 aliphatic rings. The summed E-state index contributed by atoms with van der Waals surface area (Å²) in [4.78, 5) is 23.7. The zero-order valence-electron chi connectivity index (χ0n) is 17.7. The van der Waals surface area contributed by atoms with Gasteiger partial charge in [-0.3, -0.25) is 9.78 Å². The summed E-state index contributed by atoms with van der Waals surface area (Å²) in [6, 6.07) is 26.1. The maximum absolute atomic E-state index is 12.7. The quantitative estimate of drug-likeness (QED) is 0.403. The maximum Gasteiger partial charge on any atom is 0.239 e. The highest BCUT2D eigenvalue weighted by Gasteiger charge is 2.17. The molecular formula is C25H25N5OS. The summed E-state index contributed by atoms with van der Waals surface area (Å²) in [5, 5.41) is 3.75. The van der Waals surface area contributed by atoms with Gasteiger partial charge in [0.25, 0.3) is 0 Å². The van der Waals surface area contributed by atoms with E-state index in [1.54, 1.807) is 6.20 Å². The molecule has 1 amide bonds. The van der Waals surface area contributed by atoms with Crippen LogP contribution in [0.5, 0.6) is 0 Å². The molecule has 0 bridgehead atoms. The molecule has 6 nitrogen and oxygen atoms in total. The monoisotopic (exact) mass is 443 g/mol.